The summed E-state index contributed by atoms with van der Waals surface area (Å²) in [6, 6.07) is 16.4. The minimum absolute atomic E-state index is 0.0944. The number of benzene rings is 3. The van der Waals surface area contributed by atoms with Crippen molar-refractivity contribution in [1.82, 2.24) is 14.8 Å². The maximum atomic E-state index is 13.4. The Balaban J connectivity index is 1.36. The van der Waals surface area contributed by atoms with Gasteiger partial charge >= 0.3 is 0 Å². The summed E-state index contributed by atoms with van der Waals surface area (Å²) in [5.74, 6) is 2.37. The van der Waals surface area contributed by atoms with Crippen LogP contribution in [0.2, 0.25) is 15.1 Å². The van der Waals surface area contributed by atoms with Crippen molar-refractivity contribution in [2.24, 2.45) is 0 Å². The summed E-state index contributed by atoms with van der Waals surface area (Å²) in [5.41, 5.74) is 4.20. The van der Waals surface area contributed by atoms with Crippen LogP contribution in [0.15, 0.2) is 75.5 Å². The first-order valence-corrected chi connectivity index (χ1v) is 16.6. The first kappa shape index (κ1) is 30.3. The second kappa shape index (κ2) is 13.1. The van der Waals surface area contributed by atoms with E-state index >= 15 is 0 Å². The SMILES string of the molecule is CCOc1cc(C2C3=C(CCCC3=O)Nc3nc(SCc4ccccc4Cl)nn32)cc(Br)c1OCc1ccc(Cl)cc1Cl. The molecular formula is C31H26BrCl3N4O3S. The number of hydrogen-bond donors (Lipinski definition) is 1. The number of halogens is 4. The fraction of sp³-hybridized carbons (Fsp3) is 0.258. The number of thioether (sulfide) groups is 1. The van der Waals surface area contributed by atoms with Crippen LogP contribution in [0.1, 0.15) is 48.9 Å². The molecule has 12 heteroatoms. The monoisotopic (exact) mass is 718 g/mol. The number of aromatic nitrogens is 3. The second-order valence-electron chi connectivity index (χ2n) is 10.0. The van der Waals surface area contributed by atoms with Crippen LogP contribution in [-0.2, 0) is 17.2 Å². The Hall–Kier alpha value is -2.69. The van der Waals surface area contributed by atoms with Gasteiger partial charge in [0, 0.05) is 44.1 Å². The third-order valence-corrected chi connectivity index (χ3v) is 9.63. The topological polar surface area (TPSA) is 78.3 Å². The summed E-state index contributed by atoms with van der Waals surface area (Å²) < 4.78 is 14.7. The molecule has 0 fully saturated rings. The molecule has 1 aliphatic heterocycles. The molecule has 1 N–H and O–H groups in total. The van der Waals surface area contributed by atoms with E-state index in [2.05, 4.69) is 21.2 Å². The Morgan fingerprint density at radius 2 is 1.88 bits per heavy atom. The van der Waals surface area contributed by atoms with E-state index in [0.29, 0.717) is 66.5 Å². The van der Waals surface area contributed by atoms with E-state index in [1.165, 1.54) is 11.8 Å². The molecule has 3 aromatic carbocycles. The van der Waals surface area contributed by atoms with Crippen LogP contribution in [-0.4, -0.2) is 27.2 Å². The van der Waals surface area contributed by atoms with Gasteiger partial charge in [-0.1, -0.05) is 70.8 Å². The van der Waals surface area contributed by atoms with Gasteiger partial charge in [0.25, 0.3) is 0 Å². The van der Waals surface area contributed by atoms with Gasteiger partial charge in [-0.05, 0) is 77.2 Å². The highest BCUT2D eigenvalue weighted by molar-refractivity contribution is 9.10. The fourth-order valence-electron chi connectivity index (χ4n) is 5.20. The van der Waals surface area contributed by atoms with Crippen LogP contribution < -0.4 is 14.8 Å². The van der Waals surface area contributed by atoms with Crippen molar-refractivity contribution in [2.45, 2.75) is 49.7 Å². The van der Waals surface area contributed by atoms with E-state index in [0.717, 1.165) is 35.2 Å². The predicted octanol–water partition coefficient (Wildman–Crippen LogP) is 9.29. The van der Waals surface area contributed by atoms with Crippen molar-refractivity contribution in [2.75, 3.05) is 11.9 Å². The predicted molar refractivity (Wildman–Crippen MR) is 175 cm³/mol. The van der Waals surface area contributed by atoms with Crippen molar-refractivity contribution in [1.29, 1.82) is 0 Å². The zero-order valence-electron chi connectivity index (χ0n) is 23.0. The lowest BCUT2D eigenvalue weighted by molar-refractivity contribution is -0.116. The third-order valence-electron chi connectivity index (χ3n) is 7.20. The molecule has 2 heterocycles. The average molecular weight is 721 g/mol. The maximum Gasteiger partial charge on any atom is 0.227 e. The summed E-state index contributed by atoms with van der Waals surface area (Å²) in [6.45, 7) is 2.55. The first-order chi connectivity index (χ1) is 20.8. The molecule has 7 nitrogen and oxygen atoms in total. The van der Waals surface area contributed by atoms with Crippen molar-refractivity contribution in [3.63, 3.8) is 0 Å². The van der Waals surface area contributed by atoms with Crippen molar-refractivity contribution in [3.8, 4) is 11.5 Å². The number of Topliss-reactive ketones (excluding diaryl/α,β-unsaturated/α-hetero) is 1. The zero-order valence-corrected chi connectivity index (χ0v) is 27.7. The van der Waals surface area contributed by atoms with Gasteiger partial charge in [0.2, 0.25) is 11.1 Å². The minimum atomic E-state index is -0.489. The Kier molecular flexibility index (Phi) is 9.26. The summed E-state index contributed by atoms with van der Waals surface area (Å²) >= 11 is 24.0. The smallest absolute Gasteiger partial charge is 0.227 e. The molecule has 1 aliphatic carbocycles. The number of rotatable bonds is 9. The highest BCUT2D eigenvalue weighted by Crippen LogP contribution is 2.45. The van der Waals surface area contributed by atoms with Crippen LogP contribution >= 0.6 is 62.5 Å². The lowest BCUT2D eigenvalue weighted by Crippen LogP contribution is -2.31. The van der Waals surface area contributed by atoms with Gasteiger partial charge in [-0.15, -0.1) is 5.10 Å². The number of fused-ring (bicyclic) bond motifs is 1. The van der Waals surface area contributed by atoms with Gasteiger partial charge in [0.1, 0.15) is 12.6 Å². The van der Waals surface area contributed by atoms with Crippen LogP contribution in [0.3, 0.4) is 0 Å². The molecule has 0 spiro atoms. The lowest BCUT2D eigenvalue weighted by atomic mass is 9.85. The quantitative estimate of drug-likeness (QED) is 0.173. The van der Waals surface area contributed by atoms with Crippen molar-refractivity contribution in [3.05, 3.63) is 102 Å². The highest BCUT2D eigenvalue weighted by atomic mass is 79.9. The van der Waals surface area contributed by atoms with Gasteiger partial charge in [-0.2, -0.15) is 4.98 Å². The van der Waals surface area contributed by atoms with E-state index in [1.54, 1.807) is 16.8 Å². The number of anilines is 1. The standard InChI is InChI=1S/C31H26BrCl3N4O3S/c1-2-41-26-13-19(12-21(32)29(26)42-15-17-10-11-20(33)14-23(17)35)28-27-24(8-5-9-25(27)40)36-30-37-31(38-39(28)30)43-16-18-6-3-4-7-22(18)34/h3-4,6-7,10-14,28H,2,5,8-9,15-16H2,1H3,(H,36,37,38). The molecule has 4 aromatic rings. The average Bonchev–Trinajstić information content (AvgIpc) is 3.39. The summed E-state index contributed by atoms with van der Waals surface area (Å²) in [5, 5.41) is 10.6. The van der Waals surface area contributed by atoms with Crippen molar-refractivity contribution >= 4 is 74.2 Å². The molecule has 0 amide bonds. The van der Waals surface area contributed by atoms with Crippen molar-refractivity contribution < 1.29 is 14.3 Å². The molecule has 0 radical (unpaired) electrons. The van der Waals surface area contributed by atoms with Gasteiger partial charge in [0.15, 0.2) is 17.3 Å². The molecule has 0 saturated heterocycles. The number of allylic oxidation sites excluding steroid dienone is 2. The Bertz CT molecular complexity index is 1750. The van der Waals surface area contributed by atoms with E-state index in [-0.39, 0.29) is 12.4 Å². The number of ketones is 1. The minimum Gasteiger partial charge on any atom is -0.490 e. The Morgan fingerprint density at radius 3 is 2.67 bits per heavy atom. The van der Waals surface area contributed by atoms with E-state index < -0.39 is 6.04 Å². The van der Waals surface area contributed by atoms with E-state index in [9.17, 15) is 4.79 Å². The molecule has 1 atom stereocenters. The first-order valence-electron chi connectivity index (χ1n) is 13.7. The number of nitrogens with one attached hydrogen (secondary N) is 1. The maximum absolute atomic E-state index is 13.4. The highest BCUT2D eigenvalue weighted by Gasteiger charge is 2.37. The van der Waals surface area contributed by atoms with Crippen LogP contribution in [0.4, 0.5) is 5.95 Å². The van der Waals surface area contributed by atoms with Gasteiger partial charge in [-0.3, -0.25) is 4.79 Å². The normalized spacial score (nSPS) is 16.0. The molecule has 1 unspecified atom stereocenters. The Morgan fingerprint density at radius 1 is 1.05 bits per heavy atom. The molecule has 6 rings (SSSR count). The Labute approximate surface area is 277 Å². The number of nitrogens with zero attached hydrogens (tertiary/aromatic N) is 3. The molecular weight excluding hydrogens is 695 g/mol. The second-order valence-corrected chi connectivity index (χ2v) is 13.1. The fourth-order valence-corrected chi connectivity index (χ4v) is 7.35. The van der Waals surface area contributed by atoms with E-state index in [1.807, 2.05) is 49.4 Å². The summed E-state index contributed by atoms with van der Waals surface area (Å²) in [7, 11) is 0. The van der Waals surface area contributed by atoms with Gasteiger partial charge < -0.3 is 14.8 Å². The molecule has 0 bridgehead atoms. The number of ether oxygens (including phenoxy) is 2. The molecule has 2 aliphatic rings. The van der Waals surface area contributed by atoms with Gasteiger partial charge in [-0.25, -0.2) is 4.68 Å². The molecule has 0 saturated carbocycles. The molecule has 1 aromatic heterocycles. The van der Waals surface area contributed by atoms with E-state index in [4.69, 9.17) is 54.4 Å². The zero-order chi connectivity index (χ0) is 30.1. The largest absolute Gasteiger partial charge is 0.490 e. The number of carbonyl (C=O) groups excluding carboxylic acids is 1. The van der Waals surface area contributed by atoms with Crippen LogP contribution in [0.5, 0.6) is 11.5 Å². The molecule has 43 heavy (non-hydrogen) atoms. The lowest BCUT2D eigenvalue weighted by Gasteiger charge is -2.32. The van der Waals surface area contributed by atoms with Crippen LogP contribution in [0, 0.1) is 0 Å². The molecule has 222 valence electrons. The number of carbonyl (C=O) groups is 1. The van der Waals surface area contributed by atoms with Gasteiger partial charge in [0.05, 0.1) is 11.1 Å². The number of hydrogen-bond acceptors (Lipinski definition) is 7. The van der Waals surface area contributed by atoms with Crippen LogP contribution in [0.25, 0.3) is 0 Å². The summed E-state index contributed by atoms with van der Waals surface area (Å²) in [6.07, 6.45) is 2.03. The summed E-state index contributed by atoms with van der Waals surface area (Å²) in [4.78, 5) is 18.2. The third kappa shape index (κ3) is 6.42.